The Kier molecular flexibility index (Phi) is 16.7. The molecule has 0 aliphatic carbocycles. The van der Waals surface area contributed by atoms with E-state index in [1.165, 1.54) is 43.4 Å². The van der Waals surface area contributed by atoms with Gasteiger partial charge < -0.3 is 9.80 Å². The van der Waals surface area contributed by atoms with Crippen LogP contribution in [0.5, 0.6) is 0 Å². The summed E-state index contributed by atoms with van der Waals surface area (Å²) in [6, 6.07) is 0. The number of rotatable bonds is 0. The molecule has 0 spiro atoms. The molecule has 2 rings (SSSR count). The monoisotopic (exact) mass is 322 g/mol. The van der Waals surface area contributed by atoms with Crippen LogP contribution in [0, 0.1) is 0 Å². The Labute approximate surface area is 137 Å². The van der Waals surface area contributed by atoms with E-state index in [0.29, 0.717) is 4.75 Å². The van der Waals surface area contributed by atoms with Crippen LogP contribution in [-0.2, 0) is 0 Å². The minimum absolute atomic E-state index is 0.493. The summed E-state index contributed by atoms with van der Waals surface area (Å²) in [6.45, 7) is 17.7. The average Bonchev–Trinajstić information content (AvgIpc) is 2.43. The molecule has 0 atom stereocenters. The molecule has 0 N–H and O–H groups in total. The molecular formula is C16H38N2S2. The first-order valence-corrected chi connectivity index (χ1v) is 10.2. The van der Waals surface area contributed by atoms with Crippen molar-refractivity contribution in [2.24, 2.45) is 0 Å². The molecule has 0 radical (unpaired) electrons. The van der Waals surface area contributed by atoms with E-state index in [2.05, 4.69) is 61.3 Å². The quantitative estimate of drug-likeness (QED) is 0.660. The normalized spacial score (nSPS) is 22.2. The van der Waals surface area contributed by atoms with Gasteiger partial charge in [0.25, 0.3) is 0 Å². The summed E-state index contributed by atoms with van der Waals surface area (Å²) in [7, 11) is 4.38. The van der Waals surface area contributed by atoms with Crippen LogP contribution in [0.4, 0.5) is 0 Å². The molecule has 20 heavy (non-hydrogen) atoms. The summed E-state index contributed by atoms with van der Waals surface area (Å²) in [5.41, 5.74) is 0. The molecule has 0 aromatic heterocycles. The van der Waals surface area contributed by atoms with Crippen molar-refractivity contribution < 1.29 is 0 Å². The Morgan fingerprint density at radius 1 is 0.750 bits per heavy atom. The SMILES string of the molecule is CC.CC.CN1CCSC(C)(C)C1.CN1CCSCC1. The molecule has 0 amide bonds. The standard InChI is InChI=1S/C7H15NS.C5H11NS.2C2H6/c1-7(2)6-8(3)4-5-9-7;1-6-2-4-7-5-3-6;2*1-2/h4-6H2,1-3H3;2-5H2,1H3;2*1-2H3. The third kappa shape index (κ3) is 13.6. The summed E-state index contributed by atoms with van der Waals surface area (Å²) in [5, 5.41) is 0. The molecule has 0 unspecified atom stereocenters. The maximum absolute atomic E-state index is 2.40. The van der Waals surface area contributed by atoms with Crippen molar-refractivity contribution in [3.63, 3.8) is 0 Å². The average molecular weight is 323 g/mol. The molecule has 2 aliphatic rings. The molecule has 124 valence electrons. The molecule has 2 aliphatic heterocycles. The van der Waals surface area contributed by atoms with Crippen LogP contribution in [0.1, 0.15) is 41.5 Å². The van der Waals surface area contributed by atoms with Crippen LogP contribution in [-0.4, -0.2) is 72.1 Å². The molecule has 2 heterocycles. The fourth-order valence-corrected chi connectivity index (χ4v) is 4.26. The highest BCUT2D eigenvalue weighted by molar-refractivity contribution is 8.00. The highest BCUT2D eigenvalue weighted by atomic mass is 32.2. The molecule has 0 aromatic carbocycles. The van der Waals surface area contributed by atoms with Crippen LogP contribution in [0.3, 0.4) is 0 Å². The van der Waals surface area contributed by atoms with Crippen LogP contribution in [0.2, 0.25) is 0 Å². The van der Waals surface area contributed by atoms with Crippen molar-refractivity contribution in [3.8, 4) is 0 Å². The number of nitrogens with zero attached hydrogens (tertiary/aromatic N) is 2. The Morgan fingerprint density at radius 2 is 1.20 bits per heavy atom. The van der Waals surface area contributed by atoms with Crippen LogP contribution >= 0.6 is 23.5 Å². The predicted octanol–water partition coefficient (Wildman–Crippen LogP) is 4.16. The van der Waals surface area contributed by atoms with Crippen molar-refractivity contribution in [2.45, 2.75) is 46.3 Å². The zero-order chi connectivity index (χ0) is 16.0. The summed E-state index contributed by atoms with van der Waals surface area (Å²) < 4.78 is 0.493. The fraction of sp³-hybridized carbons (Fsp3) is 1.00. The van der Waals surface area contributed by atoms with Crippen molar-refractivity contribution in [3.05, 3.63) is 0 Å². The summed E-state index contributed by atoms with van der Waals surface area (Å²) >= 11 is 4.14. The van der Waals surface area contributed by atoms with Crippen molar-refractivity contribution in [2.75, 3.05) is 57.5 Å². The topological polar surface area (TPSA) is 6.48 Å². The van der Waals surface area contributed by atoms with E-state index in [0.717, 1.165) is 0 Å². The molecule has 0 aromatic rings. The molecule has 0 saturated carbocycles. The molecule has 4 heteroatoms. The number of thioether (sulfide) groups is 2. The minimum atomic E-state index is 0.493. The van der Waals surface area contributed by atoms with Gasteiger partial charge in [-0.3, -0.25) is 0 Å². The van der Waals surface area contributed by atoms with E-state index >= 15 is 0 Å². The van der Waals surface area contributed by atoms with Crippen molar-refractivity contribution in [1.29, 1.82) is 0 Å². The van der Waals surface area contributed by atoms with Gasteiger partial charge in [-0.2, -0.15) is 23.5 Å². The van der Waals surface area contributed by atoms with E-state index in [4.69, 9.17) is 0 Å². The maximum Gasteiger partial charge on any atom is 0.0231 e. The first-order valence-electron chi connectivity index (χ1n) is 8.08. The Hall–Kier alpha value is 0.620. The second kappa shape index (κ2) is 14.6. The zero-order valence-electron chi connectivity index (χ0n) is 15.2. The lowest BCUT2D eigenvalue weighted by Gasteiger charge is -2.35. The molecule has 2 saturated heterocycles. The maximum atomic E-state index is 2.40. The first kappa shape index (κ1) is 22.9. The number of hydrogen-bond donors (Lipinski definition) is 0. The van der Waals surface area contributed by atoms with Gasteiger partial charge in [0.1, 0.15) is 0 Å². The van der Waals surface area contributed by atoms with Crippen molar-refractivity contribution >= 4 is 23.5 Å². The second-order valence-electron chi connectivity index (χ2n) is 5.26. The van der Waals surface area contributed by atoms with E-state index in [-0.39, 0.29) is 0 Å². The summed E-state index contributed by atoms with van der Waals surface area (Å²) in [4.78, 5) is 4.77. The Bertz CT molecular complexity index is 193. The lowest BCUT2D eigenvalue weighted by molar-refractivity contribution is 0.316. The molecule has 2 fully saturated rings. The smallest absolute Gasteiger partial charge is 0.0231 e. The van der Waals surface area contributed by atoms with Crippen LogP contribution in [0.15, 0.2) is 0 Å². The predicted molar refractivity (Wildman–Crippen MR) is 102 cm³/mol. The summed E-state index contributed by atoms with van der Waals surface area (Å²) in [5.74, 6) is 3.95. The van der Waals surface area contributed by atoms with Crippen LogP contribution < -0.4 is 0 Å². The lowest BCUT2D eigenvalue weighted by Crippen LogP contribution is -2.40. The molecule has 0 bridgehead atoms. The van der Waals surface area contributed by atoms with Gasteiger partial charge in [-0.1, -0.05) is 27.7 Å². The van der Waals surface area contributed by atoms with Gasteiger partial charge in [0.15, 0.2) is 0 Å². The van der Waals surface area contributed by atoms with E-state index in [1.807, 2.05) is 27.7 Å². The Balaban J connectivity index is 0. The van der Waals surface area contributed by atoms with Gasteiger partial charge in [-0.25, -0.2) is 0 Å². The van der Waals surface area contributed by atoms with E-state index < -0.39 is 0 Å². The Morgan fingerprint density at radius 3 is 1.45 bits per heavy atom. The first-order chi connectivity index (χ1) is 9.49. The highest BCUT2D eigenvalue weighted by Gasteiger charge is 2.24. The summed E-state index contributed by atoms with van der Waals surface area (Å²) in [6.07, 6.45) is 0. The number of hydrogen-bond acceptors (Lipinski definition) is 4. The van der Waals surface area contributed by atoms with E-state index in [9.17, 15) is 0 Å². The molecule has 2 nitrogen and oxygen atoms in total. The van der Waals surface area contributed by atoms with Gasteiger partial charge in [0, 0.05) is 48.2 Å². The minimum Gasteiger partial charge on any atom is -0.305 e. The highest BCUT2D eigenvalue weighted by Crippen LogP contribution is 2.28. The van der Waals surface area contributed by atoms with Gasteiger partial charge in [-0.05, 0) is 27.9 Å². The van der Waals surface area contributed by atoms with Gasteiger partial charge in [0.2, 0.25) is 0 Å². The zero-order valence-corrected chi connectivity index (χ0v) is 16.8. The van der Waals surface area contributed by atoms with Gasteiger partial charge in [0.05, 0.1) is 0 Å². The third-order valence-corrected chi connectivity index (χ3v) is 5.09. The largest absolute Gasteiger partial charge is 0.305 e. The third-order valence-electron chi connectivity index (χ3n) is 2.85. The second-order valence-corrected chi connectivity index (χ2v) is 8.29. The van der Waals surface area contributed by atoms with E-state index in [1.54, 1.807) is 0 Å². The fourth-order valence-electron chi connectivity index (χ4n) is 1.91. The van der Waals surface area contributed by atoms with Crippen LogP contribution in [0.25, 0.3) is 0 Å². The molecular weight excluding hydrogens is 284 g/mol. The van der Waals surface area contributed by atoms with Gasteiger partial charge in [-0.15, -0.1) is 0 Å². The van der Waals surface area contributed by atoms with Crippen molar-refractivity contribution in [1.82, 2.24) is 9.80 Å². The lowest BCUT2D eigenvalue weighted by atomic mass is 10.2. The van der Waals surface area contributed by atoms with Gasteiger partial charge >= 0.3 is 0 Å².